The van der Waals surface area contributed by atoms with Gasteiger partial charge in [0.25, 0.3) is 5.91 Å². The van der Waals surface area contributed by atoms with Crippen molar-refractivity contribution in [2.24, 2.45) is 12.1 Å². The second kappa shape index (κ2) is 7.08. The van der Waals surface area contributed by atoms with Crippen molar-refractivity contribution in [3.05, 3.63) is 40.1 Å². The average Bonchev–Trinajstić information content (AvgIpc) is 2.93. The second-order valence-corrected chi connectivity index (χ2v) is 5.17. The van der Waals surface area contributed by atoms with Crippen LogP contribution in [0, 0.1) is 0 Å². The first-order valence-electron chi connectivity index (χ1n) is 6.29. The van der Waals surface area contributed by atoms with Gasteiger partial charge in [0, 0.05) is 13.2 Å². The standard InChI is InChI=1S/C14H15BrN4O3/c1-19-5-4-11(18-19)14(20)17-16-8-9-6-10(15)13(22-3)12(7-9)21-2/h4-8H,1-3H3,(H,17,20)/b16-8+. The smallest absolute Gasteiger partial charge is 0.291 e. The van der Waals surface area contributed by atoms with Gasteiger partial charge in [-0.25, -0.2) is 5.43 Å². The summed E-state index contributed by atoms with van der Waals surface area (Å²) in [6, 6.07) is 5.16. The van der Waals surface area contributed by atoms with Gasteiger partial charge in [0.1, 0.15) is 0 Å². The largest absolute Gasteiger partial charge is 0.493 e. The predicted molar refractivity (Wildman–Crippen MR) is 85.5 cm³/mol. The number of aryl methyl sites for hydroxylation is 1. The number of hydrazone groups is 1. The van der Waals surface area contributed by atoms with Crippen LogP contribution in [0.1, 0.15) is 16.1 Å². The van der Waals surface area contributed by atoms with Gasteiger partial charge in [-0.1, -0.05) is 0 Å². The Hall–Kier alpha value is -2.35. The van der Waals surface area contributed by atoms with Crippen LogP contribution in [0.5, 0.6) is 11.5 Å². The van der Waals surface area contributed by atoms with Crippen molar-refractivity contribution in [1.29, 1.82) is 0 Å². The summed E-state index contributed by atoms with van der Waals surface area (Å²) in [5.41, 5.74) is 3.45. The second-order valence-electron chi connectivity index (χ2n) is 4.31. The molecule has 0 saturated carbocycles. The van der Waals surface area contributed by atoms with E-state index in [1.165, 1.54) is 6.21 Å². The van der Waals surface area contributed by atoms with E-state index >= 15 is 0 Å². The van der Waals surface area contributed by atoms with Gasteiger partial charge in [-0.15, -0.1) is 0 Å². The lowest BCUT2D eigenvalue weighted by atomic mass is 10.2. The van der Waals surface area contributed by atoms with Crippen LogP contribution >= 0.6 is 15.9 Å². The van der Waals surface area contributed by atoms with Crippen LogP contribution in [0.25, 0.3) is 0 Å². The number of nitrogens with one attached hydrogen (secondary N) is 1. The van der Waals surface area contributed by atoms with E-state index in [9.17, 15) is 4.79 Å². The van der Waals surface area contributed by atoms with Gasteiger partial charge in [-0.05, 0) is 39.7 Å². The van der Waals surface area contributed by atoms with Gasteiger partial charge in [0.05, 0.1) is 24.9 Å². The molecule has 0 atom stereocenters. The molecular weight excluding hydrogens is 352 g/mol. The summed E-state index contributed by atoms with van der Waals surface area (Å²) >= 11 is 3.39. The fourth-order valence-electron chi connectivity index (χ4n) is 1.77. The van der Waals surface area contributed by atoms with E-state index < -0.39 is 0 Å². The highest BCUT2D eigenvalue weighted by Gasteiger charge is 2.10. The molecule has 0 unspecified atom stereocenters. The van der Waals surface area contributed by atoms with Crippen LogP contribution in [-0.2, 0) is 7.05 Å². The van der Waals surface area contributed by atoms with E-state index in [1.807, 2.05) is 0 Å². The van der Waals surface area contributed by atoms with Crippen LogP contribution in [0.2, 0.25) is 0 Å². The Bertz CT molecular complexity index is 712. The molecule has 1 heterocycles. The van der Waals surface area contributed by atoms with E-state index in [0.29, 0.717) is 17.2 Å². The van der Waals surface area contributed by atoms with Crippen molar-refractivity contribution in [1.82, 2.24) is 15.2 Å². The maximum atomic E-state index is 11.8. The molecule has 1 amide bonds. The highest BCUT2D eigenvalue weighted by Crippen LogP contribution is 2.35. The molecule has 8 heteroatoms. The zero-order valence-electron chi connectivity index (χ0n) is 12.3. The lowest BCUT2D eigenvalue weighted by molar-refractivity contribution is 0.0949. The number of halogens is 1. The zero-order chi connectivity index (χ0) is 16.1. The summed E-state index contributed by atoms with van der Waals surface area (Å²) in [5.74, 6) is 0.781. The highest BCUT2D eigenvalue weighted by molar-refractivity contribution is 9.10. The van der Waals surface area contributed by atoms with Crippen LogP contribution in [0.4, 0.5) is 0 Å². The number of hydrogen-bond donors (Lipinski definition) is 1. The molecule has 0 aliphatic rings. The number of carbonyl (C=O) groups excluding carboxylic acids is 1. The molecule has 2 rings (SSSR count). The minimum atomic E-state index is -0.378. The van der Waals surface area contributed by atoms with Crippen molar-refractivity contribution in [3.8, 4) is 11.5 Å². The molecule has 0 radical (unpaired) electrons. The van der Waals surface area contributed by atoms with Gasteiger partial charge >= 0.3 is 0 Å². The van der Waals surface area contributed by atoms with E-state index in [2.05, 4.69) is 31.6 Å². The van der Waals surface area contributed by atoms with Gasteiger partial charge in [-0.3, -0.25) is 9.48 Å². The molecule has 0 bridgehead atoms. The minimum absolute atomic E-state index is 0.299. The van der Waals surface area contributed by atoms with Gasteiger partial charge in [-0.2, -0.15) is 10.2 Å². The summed E-state index contributed by atoms with van der Waals surface area (Å²) in [5, 5.41) is 7.90. The third-order valence-corrected chi connectivity index (χ3v) is 3.37. The Kier molecular flexibility index (Phi) is 5.16. The van der Waals surface area contributed by atoms with E-state index in [4.69, 9.17) is 9.47 Å². The Labute approximate surface area is 136 Å². The SMILES string of the molecule is COc1cc(/C=N/NC(=O)c2ccn(C)n2)cc(Br)c1OC. The summed E-state index contributed by atoms with van der Waals surface area (Å²) in [6.07, 6.45) is 3.19. The number of rotatable bonds is 5. The minimum Gasteiger partial charge on any atom is -0.493 e. The number of aromatic nitrogens is 2. The molecule has 1 aromatic carbocycles. The molecule has 0 spiro atoms. The normalized spacial score (nSPS) is 10.7. The van der Waals surface area contributed by atoms with Crippen molar-refractivity contribution in [3.63, 3.8) is 0 Å². The maximum Gasteiger partial charge on any atom is 0.291 e. The lowest BCUT2D eigenvalue weighted by Gasteiger charge is -2.10. The van der Waals surface area contributed by atoms with Crippen LogP contribution in [0.15, 0.2) is 34.0 Å². The number of ether oxygens (including phenoxy) is 2. The van der Waals surface area contributed by atoms with E-state index in [1.54, 1.807) is 50.3 Å². The molecule has 1 N–H and O–H groups in total. The number of hydrogen-bond acceptors (Lipinski definition) is 5. The number of methoxy groups -OCH3 is 2. The maximum absolute atomic E-state index is 11.8. The molecule has 0 fully saturated rings. The zero-order valence-corrected chi connectivity index (χ0v) is 13.9. The Morgan fingerprint density at radius 2 is 2.18 bits per heavy atom. The monoisotopic (exact) mass is 366 g/mol. The molecule has 22 heavy (non-hydrogen) atoms. The number of benzene rings is 1. The molecule has 0 aliphatic heterocycles. The van der Waals surface area contributed by atoms with Crippen molar-refractivity contribution >= 4 is 28.1 Å². The van der Waals surface area contributed by atoms with Gasteiger partial charge < -0.3 is 9.47 Å². The van der Waals surface area contributed by atoms with Crippen molar-refractivity contribution in [2.45, 2.75) is 0 Å². The fraction of sp³-hybridized carbons (Fsp3) is 0.214. The first kappa shape index (κ1) is 16.0. The molecule has 116 valence electrons. The Morgan fingerprint density at radius 1 is 1.41 bits per heavy atom. The molecule has 7 nitrogen and oxygen atoms in total. The fourth-order valence-corrected chi connectivity index (χ4v) is 2.39. The van der Waals surface area contributed by atoms with E-state index in [0.717, 1.165) is 10.0 Å². The Balaban J connectivity index is 2.10. The first-order valence-corrected chi connectivity index (χ1v) is 7.09. The predicted octanol–water partition coefficient (Wildman–Crippen LogP) is 1.96. The topological polar surface area (TPSA) is 77.7 Å². The molecule has 2 aromatic rings. The third kappa shape index (κ3) is 3.64. The summed E-state index contributed by atoms with van der Waals surface area (Å²) < 4.78 is 12.7. The highest BCUT2D eigenvalue weighted by atomic mass is 79.9. The summed E-state index contributed by atoms with van der Waals surface area (Å²) in [4.78, 5) is 11.8. The third-order valence-electron chi connectivity index (χ3n) is 2.78. The van der Waals surface area contributed by atoms with E-state index in [-0.39, 0.29) is 5.91 Å². The molecule has 0 saturated heterocycles. The quantitative estimate of drug-likeness (QED) is 0.648. The van der Waals surface area contributed by atoms with Crippen molar-refractivity contribution < 1.29 is 14.3 Å². The Morgan fingerprint density at radius 3 is 2.77 bits per heavy atom. The average molecular weight is 367 g/mol. The van der Waals surface area contributed by atoms with Crippen LogP contribution < -0.4 is 14.9 Å². The van der Waals surface area contributed by atoms with Crippen LogP contribution in [-0.4, -0.2) is 36.1 Å². The van der Waals surface area contributed by atoms with Crippen molar-refractivity contribution in [2.75, 3.05) is 14.2 Å². The summed E-state index contributed by atoms with van der Waals surface area (Å²) in [6.45, 7) is 0. The van der Waals surface area contributed by atoms with Crippen LogP contribution in [0.3, 0.4) is 0 Å². The number of carbonyl (C=O) groups is 1. The number of amides is 1. The first-order chi connectivity index (χ1) is 10.5. The molecule has 1 aromatic heterocycles. The molecular formula is C14H15BrN4O3. The summed E-state index contributed by atoms with van der Waals surface area (Å²) in [7, 11) is 4.85. The molecule has 0 aliphatic carbocycles. The number of nitrogens with zero attached hydrogens (tertiary/aromatic N) is 3. The van der Waals surface area contributed by atoms with Gasteiger partial charge in [0.2, 0.25) is 0 Å². The van der Waals surface area contributed by atoms with Gasteiger partial charge in [0.15, 0.2) is 17.2 Å². The lowest BCUT2D eigenvalue weighted by Crippen LogP contribution is -2.18.